The number of hydrogen-bond donors (Lipinski definition) is 0. The second-order valence-electron chi connectivity index (χ2n) is 9.39. The first kappa shape index (κ1) is 29.5. The average molecular weight is 504 g/mol. The Morgan fingerprint density at radius 2 is 1.36 bits per heavy atom. The molecule has 0 aliphatic heterocycles. The Hall–Kier alpha value is -2.77. The molecule has 202 valence electrons. The van der Waals surface area contributed by atoms with E-state index >= 15 is 0 Å². The van der Waals surface area contributed by atoms with Gasteiger partial charge < -0.3 is 18.9 Å². The van der Waals surface area contributed by atoms with Crippen LogP contribution in [0.5, 0.6) is 23.3 Å². The van der Waals surface area contributed by atoms with Gasteiger partial charge in [0.15, 0.2) is 17.3 Å². The monoisotopic (exact) mass is 503 g/mol. The summed E-state index contributed by atoms with van der Waals surface area (Å²) in [6.45, 7) is 6.04. The highest BCUT2D eigenvalue weighted by Crippen LogP contribution is 2.41. The maximum Gasteiger partial charge on any atom is 0.336 e. The van der Waals surface area contributed by atoms with E-state index in [9.17, 15) is 4.79 Å². The van der Waals surface area contributed by atoms with Gasteiger partial charge in [0.25, 0.3) is 0 Å². The first-order chi connectivity index (χ1) is 17.4. The van der Waals surface area contributed by atoms with E-state index in [0.717, 1.165) is 19.3 Å². The highest BCUT2D eigenvalue weighted by atomic mass is 16.5. The molecule has 0 radical (unpaired) electrons. The van der Waals surface area contributed by atoms with E-state index in [0.29, 0.717) is 35.1 Å². The highest BCUT2D eigenvalue weighted by Gasteiger charge is 2.22. The highest BCUT2D eigenvalue weighted by molar-refractivity contribution is 5.83. The summed E-state index contributed by atoms with van der Waals surface area (Å²) in [5.41, 5.74) is 0.628. The molecule has 0 aliphatic rings. The molecule has 1 aromatic carbocycles. The summed E-state index contributed by atoms with van der Waals surface area (Å²) in [4.78, 5) is 17.7. The summed E-state index contributed by atoms with van der Waals surface area (Å²) in [5, 5.41) is 4.37. The Balaban J connectivity index is 2.02. The maximum absolute atomic E-state index is 13.1. The number of nitrogens with zero attached hydrogens (tertiary/aromatic N) is 3. The van der Waals surface area contributed by atoms with Crippen molar-refractivity contribution < 1.29 is 23.7 Å². The van der Waals surface area contributed by atoms with Gasteiger partial charge in [-0.2, -0.15) is 9.67 Å². The van der Waals surface area contributed by atoms with Gasteiger partial charge >= 0.3 is 6.01 Å². The second-order valence-corrected chi connectivity index (χ2v) is 9.39. The zero-order valence-corrected chi connectivity index (χ0v) is 23.1. The molecule has 1 aromatic heterocycles. The van der Waals surface area contributed by atoms with E-state index < -0.39 is 0 Å². The summed E-state index contributed by atoms with van der Waals surface area (Å²) in [6, 6.07) is 3.69. The van der Waals surface area contributed by atoms with Crippen molar-refractivity contribution in [2.75, 3.05) is 21.3 Å². The molecule has 2 rings (SSSR count). The molecule has 1 heterocycles. The predicted octanol–water partition coefficient (Wildman–Crippen LogP) is 7.10. The van der Waals surface area contributed by atoms with E-state index in [2.05, 4.69) is 17.0 Å². The number of carbonyl (C=O) groups is 1. The van der Waals surface area contributed by atoms with Gasteiger partial charge in [0.2, 0.25) is 11.7 Å². The molecule has 0 spiro atoms. The molecule has 0 bridgehead atoms. The first-order valence-electron chi connectivity index (χ1n) is 13.4. The Morgan fingerprint density at radius 3 is 1.83 bits per heavy atom. The van der Waals surface area contributed by atoms with Crippen LogP contribution < -0.4 is 18.9 Å². The second kappa shape index (κ2) is 16.1. The van der Waals surface area contributed by atoms with Gasteiger partial charge in [0.1, 0.15) is 0 Å². The minimum Gasteiger partial charge on any atom is -0.493 e. The number of benzene rings is 1. The SMILES string of the molecule is CCCCCCCCCCCCCC(=O)n1nc(OC(C)C)nc1-c1cc(OC)c(OC)c(OC)c1. The molecule has 0 amide bonds. The fraction of sp³-hybridized carbons (Fsp3) is 0.679. The third-order valence-electron chi connectivity index (χ3n) is 6.08. The zero-order chi connectivity index (χ0) is 26.3. The number of carbonyl (C=O) groups excluding carboxylic acids is 1. The fourth-order valence-corrected chi connectivity index (χ4v) is 4.17. The van der Waals surface area contributed by atoms with Crippen LogP contribution in [-0.2, 0) is 0 Å². The van der Waals surface area contributed by atoms with Gasteiger partial charge in [0, 0.05) is 12.0 Å². The van der Waals surface area contributed by atoms with Crippen molar-refractivity contribution in [3.63, 3.8) is 0 Å². The average Bonchev–Trinajstić information content (AvgIpc) is 3.29. The predicted molar refractivity (Wildman–Crippen MR) is 143 cm³/mol. The van der Waals surface area contributed by atoms with E-state index in [-0.39, 0.29) is 18.0 Å². The summed E-state index contributed by atoms with van der Waals surface area (Å²) in [6.07, 6.45) is 13.8. The minimum absolute atomic E-state index is 0.110. The fourth-order valence-electron chi connectivity index (χ4n) is 4.17. The summed E-state index contributed by atoms with van der Waals surface area (Å²) in [7, 11) is 4.65. The van der Waals surface area contributed by atoms with Gasteiger partial charge in [-0.3, -0.25) is 4.79 Å². The van der Waals surface area contributed by atoms with Crippen LogP contribution >= 0.6 is 0 Å². The van der Waals surface area contributed by atoms with Gasteiger partial charge in [0.05, 0.1) is 27.4 Å². The number of methoxy groups -OCH3 is 3. The van der Waals surface area contributed by atoms with Crippen LogP contribution in [0.15, 0.2) is 12.1 Å². The summed E-state index contributed by atoms with van der Waals surface area (Å²) in [5.74, 6) is 1.70. The summed E-state index contributed by atoms with van der Waals surface area (Å²) < 4.78 is 23.4. The van der Waals surface area contributed by atoms with Crippen LogP contribution in [0, 0.1) is 0 Å². The number of aromatic nitrogens is 3. The normalized spacial score (nSPS) is 11.1. The largest absolute Gasteiger partial charge is 0.493 e. The Kier molecular flexibility index (Phi) is 13.1. The molecule has 36 heavy (non-hydrogen) atoms. The van der Waals surface area contributed by atoms with Crippen LogP contribution in [-0.4, -0.2) is 48.1 Å². The number of rotatable bonds is 18. The van der Waals surface area contributed by atoms with Crippen LogP contribution in [0.4, 0.5) is 0 Å². The lowest BCUT2D eigenvalue weighted by atomic mass is 10.1. The Labute approximate surface area is 216 Å². The van der Waals surface area contributed by atoms with Crippen molar-refractivity contribution in [1.82, 2.24) is 14.8 Å². The molecule has 0 unspecified atom stereocenters. The Morgan fingerprint density at radius 1 is 0.833 bits per heavy atom. The van der Waals surface area contributed by atoms with E-state index in [1.807, 2.05) is 13.8 Å². The van der Waals surface area contributed by atoms with Crippen LogP contribution in [0.1, 0.15) is 103 Å². The first-order valence-corrected chi connectivity index (χ1v) is 13.4. The third-order valence-corrected chi connectivity index (χ3v) is 6.08. The number of hydrogen-bond acceptors (Lipinski definition) is 7. The van der Waals surface area contributed by atoms with Gasteiger partial charge in [-0.05, 0) is 32.4 Å². The van der Waals surface area contributed by atoms with Crippen molar-refractivity contribution in [2.24, 2.45) is 0 Å². The number of ether oxygens (including phenoxy) is 4. The van der Waals surface area contributed by atoms with Crippen molar-refractivity contribution in [1.29, 1.82) is 0 Å². The third kappa shape index (κ3) is 9.03. The minimum atomic E-state index is -0.115. The molecule has 8 heteroatoms. The lowest BCUT2D eigenvalue weighted by molar-refractivity contribution is 0.0881. The standard InChI is InChI=1S/C28H45N3O5/c1-7-8-9-10-11-12-13-14-15-16-17-18-25(32)31-27(29-28(30-31)36-21(2)3)22-19-23(33-4)26(35-6)24(20-22)34-5/h19-21H,7-18H2,1-6H3. The van der Waals surface area contributed by atoms with Gasteiger partial charge in [-0.25, -0.2) is 0 Å². The van der Waals surface area contributed by atoms with E-state index in [1.165, 1.54) is 56.0 Å². The number of unbranched alkanes of at least 4 members (excludes halogenated alkanes) is 10. The molecule has 2 aromatic rings. The molecule has 0 atom stereocenters. The molecule has 0 N–H and O–H groups in total. The van der Waals surface area contributed by atoms with Crippen LogP contribution in [0.2, 0.25) is 0 Å². The summed E-state index contributed by atoms with van der Waals surface area (Å²) >= 11 is 0. The van der Waals surface area contributed by atoms with Crippen molar-refractivity contribution in [3.05, 3.63) is 12.1 Å². The quantitative estimate of drug-likeness (QED) is 0.201. The smallest absolute Gasteiger partial charge is 0.336 e. The molecule has 0 saturated heterocycles. The molecular weight excluding hydrogens is 458 g/mol. The van der Waals surface area contributed by atoms with E-state index in [1.54, 1.807) is 33.5 Å². The van der Waals surface area contributed by atoms with Gasteiger partial charge in [-0.15, -0.1) is 5.10 Å². The molecule has 0 aliphatic carbocycles. The Bertz CT molecular complexity index is 901. The lowest BCUT2D eigenvalue weighted by Crippen LogP contribution is -2.14. The molecule has 0 fully saturated rings. The van der Waals surface area contributed by atoms with Crippen molar-refractivity contribution in [3.8, 4) is 34.6 Å². The molecular formula is C28H45N3O5. The topological polar surface area (TPSA) is 84.7 Å². The zero-order valence-electron chi connectivity index (χ0n) is 23.1. The van der Waals surface area contributed by atoms with Crippen molar-refractivity contribution >= 4 is 5.91 Å². The molecule has 8 nitrogen and oxygen atoms in total. The van der Waals surface area contributed by atoms with Crippen LogP contribution in [0.3, 0.4) is 0 Å². The van der Waals surface area contributed by atoms with Crippen LogP contribution in [0.25, 0.3) is 11.4 Å². The van der Waals surface area contributed by atoms with Crippen molar-refractivity contribution in [2.45, 2.75) is 104 Å². The molecule has 0 saturated carbocycles. The van der Waals surface area contributed by atoms with E-state index in [4.69, 9.17) is 18.9 Å². The lowest BCUT2D eigenvalue weighted by Gasteiger charge is -2.14. The maximum atomic E-state index is 13.1. The van der Waals surface area contributed by atoms with Gasteiger partial charge in [-0.1, -0.05) is 71.1 Å².